The molecule has 0 radical (unpaired) electrons. The Morgan fingerprint density at radius 2 is 1.95 bits per heavy atom. The number of halogens is 2. The van der Waals surface area contributed by atoms with Crippen LogP contribution in [0.1, 0.15) is 50.5 Å². The number of ketones is 1. The first-order valence-corrected chi connectivity index (χ1v) is 14.3. The molecular weight excluding hydrogens is 524 g/mol. The predicted octanol–water partition coefficient (Wildman–Crippen LogP) is 4.86. The largest absolute Gasteiger partial charge is 0.390 e. The summed E-state index contributed by atoms with van der Waals surface area (Å²) >= 11 is 0.830. The number of aryl methyl sites for hydroxylation is 1. The van der Waals surface area contributed by atoms with Crippen LogP contribution in [0.15, 0.2) is 48.1 Å². The van der Waals surface area contributed by atoms with E-state index in [1.807, 2.05) is 44.2 Å². The number of rotatable bonds is 3. The maximum Gasteiger partial charge on any atom is 0.225 e. The number of hydrogen-bond acceptors (Lipinski definition) is 7. The zero-order valence-corrected chi connectivity index (χ0v) is 22.8. The molecule has 7 unspecified atom stereocenters. The average molecular weight is 556 g/mol. The number of aliphatic hydroxyl groups excluding tert-OH is 1. The van der Waals surface area contributed by atoms with Crippen LogP contribution in [0.4, 0.5) is 8.78 Å². The van der Waals surface area contributed by atoms with Crippen molar-refractivity contribution in [1.82, 2.24) is 0 Å². The molecule has 0 aromatic heterocycles. The van der Waals surface area contributed by atoms with Crippen LogP contribution in [-0.2, 0) is 19.1 Å². The van der Waals surface area contributed by atoms with Gasteiger partial charge in [0.05, 0.1) is 24.0 Å². The molecule has 1 N–H and O–H groups in total. The first kappa shape index (κ1) is 26.8. The third-order valence-corrected chi connectivity index (χ3v) is 11.1. The quantitative estimate of drug-likeness (QED) is 0.569. The Labute approximate surface area is 230 Å². The second-order valence-corrected chi connectivity index (χ2v) is 13.0. The van der Waals surface area contributed by atoms with Gasteiger partial charge in [-0.05, 0) is 56.8 Å². The third-order valence-electron chi connectivity index (χ3n) is 10.3. The molecule has 1 aliphatic heterocycles. The van der Waals surface area contributed by atoms with Gasteiger partial charge < -0.3 is 14.6 Å². The van der Waals surface area contributed by atoms with E-state index in [-0.39, 0.29) is 30.6 Å². The second-order valence-electron chi connectivity index (χ2n) is 12.1. The number of benzene rings is 1. The maximum absolute atomic E-state index is 17.5. The van der Waals surface area contributed by atoms with Crippen LogP contribution < -0.4 is 0 Å². The summed E-state index contributed by atoms with van der Waals surface area (Å²) in [5.74, 6) is -2.00. The first-order chi connectivity index (χ1) is 18.4. The van der Waals surface area contributed by atoms with Gasteiger partial charge in [-0.25, -0.2) is 8.78 Å². The van der Waals surface area contributed by atoms with E-state index in [9.17, 15) is 20.0 Å². The van der Waals surface area contributed by atoms with E-state index in [0.717, 1.165) is 29.0 Å². The van der Waals surface area contributed by atoms with Gasteiger partial charge in [0.25, 0.3) is 0 Å². The van der Waals surface area contributed by atoms with Gasteiger partial charge in [0.2, 0.25) is 5.12 Å². The molecule has 39 heavy (non-hydrogen) atoms. The molecule has 1 heterocycles. The van der Waals surface area contributed by atoms with E-state index < -0.39 is 69.5 Å². The van der Waals surface area contributed by atoms with Gasteiger partial charge in [-0.1, -0.05) is 54.6 Å². The predicted molar refractivity (Wildman–Crippen MR) is 140 cm³/mol. The maximum atomic E-state index is 17.5. The number of nitrogens with zero attached hydrogens (tertiary/aromatic N) is 1. The van der Waals surface area contributed by atoms with Gasteiger partial charge in [0.1, 0.15) is 6.17 Å². The zero-order valence-electron chi connectivity index (χ0n) is 22.0. The van der Waals surface area contributed by atoms with Crippen molar-refractivity contribution in [3.63, 3.8) is 0 Å². The minimum Gasteiger partial charge on any atom is -0.390 e. The minimum absolute atomic E-state index is 0.0527. The lowest BCUT2D eigenvalue weighted by molar-refractivity contribution is -0.232. The van der Waals surface area contributed by atoms with Gasteiger partial charge in [-0.2, -0.15) is 5.26 Å². The van der Waals surface area contributed by atoms with E-state index in [2.05, 4.69) is 0 Å². The number of ether oxygens (including phenoxy) is 2. The van der Waals surface area contributed by atoms with Crippen LogP contribution in [0.25, 0.3) is 0 Å². The monoisotopic (exact) mass is 555 g/mol. The Kier molecular flexibility index (Phi) is 6.06. The molecule has 3 saturated carbocycles. The molecule has 1 saturated heterocycles. The lowest BCUT2D eigenvalue weighted by Gasteiger charge is -2.63. The summed E-state index contributed by atoms with van der Waals surface area (Å²) in [7, 11) is 0. The van der Waals surface area contributed by atoms with E-state index in [4.69, 9.17) is 9.47 Å². The van der Waals surface area contributed by atoms with Crippen molar-refractivity contribution in [3.8, 4) is 6.07 Å². The van der Waals surface area contributed by atoms with Gasteiger partial charge in [0.15, 0.2) is 23.3 Å². The Morgan fingerprint density at radius 1 is 1.23 bits per heavy atom. The van der Waals surface area contributed by atoms with Gasteiger partial charge in [-0.15, -0.1) is 0 Å². The van der Waals surface area contributed by atoms with Crippen molar-refractivity contribution in [2.75, 3.05) is 5.75 Å². The topological polar surface area (TPSA) is 96.6 Å². The zero-order chi connectivity index (χ0) is 28.0. The molecule has 4 fully saturated rings. The van der Waals surface area contributed by atoms with E-state index in [1.54, 1.807) is 6.92 Å². The van der Waals surface area contributed by atoms with Crippen molar-refractivity contribution >= 4 is 22.7 Å². The van der Waals surface area contributed by atoms with E-state index in [1.165, 1.54) is 12.2 Å². The highest BCUT2D eigenvalue weighted by molar-refractivity contribution is 8.14. The normalized spacial score (nSPS) is 46.0. The van der Waals surface area contributed by atoms with Gasteiger partial charge >= 0.3 is 0 Å². The second kappa shape index (κ2) is 8.81. The molecule has 9 heteroatoms. The highest BCUT2D eigenvalue weighted by atomic mass is 32.2. The Morgan fingerprint density at radius 3 is 2.64 bits per heavy atom. The molecule has 0 bridgehead atoms. The number of fused-ring (bicyclic) bond motifs is 7. The van der Waals surface area contributed by atoms with Gasteiger partial charge in [0, 0.05) is 22.3 Å². The van der Waals surface area contributed by atoms with Crippen molar-refractivity contribution in [2.45, 2.75) is 76.0 Å². The number of allylic oxidation sites excluding steroid dienone is 4. The molecule has 5 aliphatic rings. The van der Waals surface area contributed by atoms with Crippen molar-refractivity contribution in [2.24, 2.45) is 22.7 Å². The molecule has 6 nitrogen and oxygen atoms in total. The molecule has 1 aromatic carbocycles. The lowest BCUT2D eigenvalue weighted by Crippen LogP contribution is -2.70. The van der Waals surface area contributed by atoms with Crippen LogP contribution in [0, 0.1) is 40.9 Å². The number of aliphatic hydroxyl groups is 1. The van der Waals surface area contributed by atoms with Crippen LogP contribution in [0.5, 0.6) is 0 Å². The van der Waals surface area contributed by atoms with Crippen LogP contribution in [0.3, 0.4) is 0 Å². The highest BCUT2D eigenvalue weighted by Gasteiger charge is 2.80. The molecule has 6 rings (SSSR count). The fraction of sp³-hybridized carbons (Fsp3) is 0.567. The van der Waals surface area contributed by atoms with Crippen LogP contribution in [-0.4, -0.2) is 51.4 Å². The summed E-state index contributed by atoms with van der Waals surface area (Å²) in [4.78, 5) is 26.0. The molecule has 10 atom stereocenters. The number of alkyl halides is 2. The van der Waals surface area contributed by atoms with E-state index >= 15 is 8.78 Å². The smallest absolute Gasteiger partial charge is 0.225 e. The molecule has 4 aliphatic carbocycles. The van der Waals surface area contributed by atoms with Crippen LogP contribution in [0.2, 0.25) is 0 Å². The van der Waals surface area contributed by atoms with E-state index in [0.29, 0.717) is 0 Å². The number of carbonyl (C=O) groups is 2. The molecule has 0 spiro atoms. The number of hydrogen-bond donors (Lipinski definition) is 1. The summed E-state index contributed by atoms with van der Waals surface area (Å²) in [5.41, 5.74) is -4.60. The Hall–Kier alpha value is -2.38. The van der Waals surface area contributed by atoms with Gasteiger partial charge in [-0.3, -0.25) is 9.59 Å². The molecular formula is C30H31F2NO5S. The summed E-state index contributed by atoms with van der Waals surface area (Å²) < 4.78 is 46.2. The fourth-order valence-electron chi connectivity index (χ4n) is 8.37. The minimum atomic E-state index is -2.26. The summed E-state index contributed by atoms with van der Waals surface area (Å²) in [6, 6.07) is 9.54. The summed E-state index contributed by atoms with van der Waals surface area (Å²) in [5, 5.41) is 20.4. The molecule has 0 amide bonds. The summed E-state index contributed by atoms with van der Waals surface area (Å²) in [6.45, 7) is 5.32. The number of carbonyl (C=O) groups excluding carboxylic acids is 2. The standard InChI is InChI=1S/C30H31F2NO5S/c1-16-4-6-17(7-5-16)25-37-24-14-19-20-13-22(31)21-12-18(34)8-9-27(21,2)29(20,32)23(35)15-28(19,3)30(24,38-25)26(36)39-11-10-33/h4-9,12,19-20,22-25,35H,11,13-15H2,1-3H3/t19?,20?,22-,23?,24+,25?,27?,28?,29-,30?/m0/s1. The van der Waals surface area contributed by atoms with Crippen molar-refractivity contribution in [3.05, 3.63) is 59.2 Å². The average Bonchev–Trinajstić information content (AvgIpc) is 3.39. The molecule has 206 valence electrons. The third kappa shape index (κ3) is 3.35. The highest BCUT2D eigenvalue weighted by Crippen LogP contribution is 2.73. The first-order valence-electron chi connectivity index (χ1n) is 13.3. The van der Waals surface area contributed by atoms with Crippen molar-refractivity contribution in [1.29, 1.82) is 5.26 Å². The van der Waals surface area contributed by atoms with Crippen molar-refractivity contribution < 1.29 is 33.0 Å². The summed E-state index contributed by atoms with van der Waals surface area (Å²) in [6.07, 6.45) is -1.05. The SMILES string of the molecule is Cc1ccc(C2O[C@@H]3CC4C5C[C@H](F)C6=CC(=O)C=CC6(C)[C@@]5(F)C(O)CC4(C)C3(C(=O)SCC#N)O2)cc1. The fourth-order valence-corrected chi connectivity index (χ4v) is 9.20. The Bertz CT molecular complexity index is 1340. The van der Waals surface area contributed by atoms with Crippen LogP contribution >= 0.6 is 11.8 Å². The lowest BCUT2D eigenvalue weighted by atomic mass is 9.44. The molecule has 1 aromatic rings. The number of thioether (sulfide) groups is 1. The number of nitriles is 1. The Balaban J connectivity index is 1.44.